The van der Waals surface area contributed by atoms with Gasteiger partial charge < -0.3 is 36.4 Å². The van der Waals surface area contributed by atoms with Crippen molar-refractivity contribution < 1.29 is 47.8 Å². The zero-order chi connectivity index (χ0) is 46.6. The van der Waals surface area contributed by atoms with Gasteiger partial charge in [-0.1, -0.05) is 94.4 Å². The average molecular weight is 876 g/mol. The molecule has 0 aliphatic carbocycles. The number of hydrogen-bond acceptors (Lipinski definition) is 7. The molecular formula is C46H59F2N7O8. The van der Waals surface area contributed by atoms with Gasteiger partial charge in [-0.15, -0.1) is 0 Å². The second kappa shape index (κ2) is 19.4. The quantitative estimate of drug-likeness (QED) is 0.128. The van der Waals surface area contributed by atoms with Gasteiger partial charge in [0.15, 0.2) is 0 Å². The molecule has 2 aliphatic heterocycles. The zero-order valence-corrected chi connectivity index (χ0v) is 36.6. The van der Waals surface area contributed by atoms with Crippen LogP contribution in [0.2, 0.25) is 0 Å². The van der Waals surface area contributed by atoms with Gasteiger partial charge in [0.25, 0.3) is 0 Å². The summed E-state index contributed by atoms with van der Waals surface area (Å²) in [4.78, 5) is 82.8. The smallest absolute Gasteiger partial charge is 0.407 e. The lowest BCUT2D eigenvalue weighted by molar-refractivity contribution is -0.143. The minimum atomic E-state index is -1.37. The van der Waals surface area contributed by atoms with E-state index in [2.05, 4.69) is 4.90 Å². The Bertz CT molecular complexity index is 2010. The molecule has 0 aromatic heterocycles. The van der Waals surface area contributed by atoms with Gasteiger partial charge >= 0.3 is 12.2 Å². The first kappa shape index (κ1) is 47.8. The number of carbonyl (C=O) groups excluding carboxylic acids is 4. The minimum absolute atomic E-state index is 0.0168. The van der Waals surface area contributed by atoms with E-state index in [1.54, 1.807) is 27.7 Å². The van der Waals surface area contributed by atoms with E-state index in [0.29, 0.717) is 24.2 Å². The lowest BCUT2D eigenvalue weighted by atomic mass is 9.79. The number of nitrogens with two attached hydrogens (primary N) is 2. The van der Waals surface area contributed by atoms with Crippen molar-refractivity contribution in [2.45, 2.75) is 103 Å². The van der Waals surface area contributed by atoms with Gasteiger partial charge in [0.05, 0.1) is 25.2 Å². The Morgan fingerprint density at radius 1 is 0.635 bits per heavy atom. The van der Waals surface area contributed by atoms with Crippen LogP contribution in [0.3, 0.4) is 0 Å². The van der Waals surface area contributed by atoms with Crippen molar-refractivity contribution in [3.63, 3.8) is 0 Å². The van der Waals surface area contributed by atoms with E-state index in [0.717, 1.165) is 26.6 Å². The van der Waals surface area contributed by atoms with E-state index < -0.39 is 83.2 Å². The molecule has 17 heteroatoms. The van der Waals surface area contributed by atoms with Gasteiger partial charge in [-0.2, -0.15) is 0 Å². The predicted octanol–water partition coefficient (Wildman–Crippen LogP) is 5.88. The maximum atomic E-state index is 15.1. The second-order valence-corrected chi connectivity index (χ2v) is 18.2. The van der Waals surface area contributed by atoms with E-state index in [4.69, 9.17) is 11.5 Å². The normalized spacial score (nSPS) is 19.9. The number of rotatable bonds is 17. The standard InChI is InChI=1S/C46H59F2N7O8/c1-45(2,22-37(49)56)39(51(5)43(60)61)41(58)54-26-32(47)20-35(54)30-16-12-28(13-17-30)24-53(34-10-8-7-9-11-34)25-29-14-18-31(19-15-29)36-21-33(48)27-55(36)42(59)40(52(6)44(62)63)46(3,4)23-38(50)57/h7-19,32-33,35-36,39-40H,20-27H2,1-6H3,(H2,49,56)(H2,50,57)(H,60,61)(H,62,63)/t32-,33-,35-,36-,39+,40+/m0/s1. The molecule has 0 saturated carbocycles. The first-order valence-corrected chi connectivity index (χ1v) is 20.9. The molecule has 6 amide bonds. The molecule has 15 nitrogen and oxygen atoms in total. The summed E-state index contributed by atoms with van der Waals surface area (Å²) in [5.41, 5.74) is 12.7. The third-order valence-corrected chi connectivity index (χ3v) is 12.2. The monoisotopic (exact) mass is 875 g/mol. The summed E-state index contributed by atoms with van der Waals surface area (Å²) < 4.78 is 30.2. The number of carboxylic acid groups (broad SMARTS) is 2. The number of hydrogen-bond donors (Lipinski definition) is 4. The number of nitrogens with zero attached hydrogens (tertiary/aromatic N) is 5. The minimum Gasteiger partial charge on any atom is -0.465 e. The van der Waals surface area contributed by atoms with Crippen molar-refractivity contribution in [2.24, 2.45) is 22.3 Å². The predicted molar refractivity (Wildman–Crippen MR) is 231 cm³/mol. The van der Waals surface area contributed by atoms with E-state index in [1.807, 2.05) is 78.9 Å². The van der Waals surface area contributed by atoms with Crippen molar-refractivity contribution in [3.05, 3.63) is 101 Å². The number of benzene rings is 3. The first-order chi connectivity index (χ1) is 29.5. The third-order valence-electron chi connectivity index (χ3n) is 12.2. The van der Waals surface area contributed by atoms with Gasteiger partial charge in [0.2, 0.25) is 23.6 Å². The molecule has 2 heterocycles. The summed E-state index contributed by atoms with van der Waals surface area (Å²) in [6, 6.07) is 20.7. The number of alkyl halides is 2. The van der Waals surface area contributed by atoms with Crippen molar-refractivity contribution in [1.82, 2.24) is 19.6 Å². The Morgan fingerprint density at radius 3 is 1.30 bits per heavy atom. The van der Waals surface area contributed by atoms with Crippen LogP contribution in [0, 0.1) is 10.8 Å². The topological polar surface area (TPSA) is 211 Å². The van der Waals surface area contributed by atoms with Crippen LogP contribution in [-0.4, -0.2) is 117 Å². The molecule has 2 aliphatic rings. The summed E-state index contributed by atoms with van der Waals surface area (Å²) in [6.07, 6.45) is -5.92. The number of amides is 6. The Labute approximate surface area is 366 Å². The molecule has 2 saturated heterocycles. The average Bonchev–Trinajstić information content (AvgIpc) is 3.79. The number of likely N-dealkylation sites (tertiary alicyclic amines) is 2. The fourth-order valence-electron chi connectivity index (χ4n) is 9.37. The lowest BCUT2D eigenvalue weighted by Gasteiger charge is -2.40. The Hall–Kier alpha value is -6.26. The molecule has 0 radical (unpaired) electrons. The number of primary amides is 2. The molecule has 3 aromatic carbocycles. The van der Waals surface area contributed by atoms with Crippen molar-refractivity contribution in [3.8, 4) is 0 Å². The highest BCUT2D eigenvalue weighted by molar-refractivity contribution is 5.89. The zero-order valence-electron chi connectivity index (χ0n) is 36.6. The maximum Gasteiger partial charge on any atom is 0.407 e. The molecule has 6 N–H and O–H groups in total. The SMILES string of the molecule is CN(C(=O)O)[C@H](C(=O)N1C[C@@H](F)C[C@H]1c1ccc(CN(Cc2ccc([C@@H]3C[C@H](F)CN3C(=O)[C@@H](N(C)C(=O)O)C(C)(C)CC(N)=O)cc2)c2ccccc2)cc1)C(C)(C)CC(N)=O. The van der Waals surface area contributed by atoms with Gasteiger partial charge in [-0.05, 0) is 34.4 Å². The fourth-order valence-corrected chi connectivity index (χ4v) is 9.37. The van der Waals surface area contributed by atoms with Crippen LogP contribution in [0.25, 0.3) is 0 Å². The fraction of sp³-hybridized carbons (Fsp3) is 0.478. The van der Waals surface area contributed by atoms with Gasteiger partial charge in [0, 0.05) is 69.4 Å². The van der Waals surface area contributed by atoms with E-state index in [1.165, 1.54) is 23.9 Å². The molecule has 0 spiro atoms. The Balaban J connectivity index is 1.36. The molecule has 63 heavy (non-hydrogen) atoms. The molecule has 2 fully saturated rings. The van der Waals surface area contributed by atoms with Crippen LogP contribution >= 0.6 is 0 Å². The Kier molecular flexibility index (Phi) is 14.7. The van der Waals surface area contributed by atoms with Crippen LogP contribution in [0.4, 0.5) is 24.1 Å². The molecule has 340 valence electrons. The van der Waals surface area contributed by atoms with E-state index in [9.17, 15) is 39.0 Å². The highest BCUT2D eigenvalue weighted by Crippen LogP contribution is 2.40. The third kappa shape index (κ3) is 11.2. The van der Waals surface area contributed by atoms with Crippen LogP contribution in [0.15, 0.2) is 78.9 Å². The Morgan fingerprint density at radius 2 is 0.984 bits per heavy atom. The van der Waals surface area contributed by atoms with Crippen LogP contribution in [0.1, 0.15) is 87.7 Å². The number of anilines is 1. The summed E-state index contributed by atoms with van der Waals surface area (Å²) in [7, 11) is 2.50. The van der Waals surface area contributed by atoms with Crippen LogP contribution in [-0.2, 0) is 32.3 Å². The van der Waals surface area contributed by atoms with Gasteiger partial charge in [0.1, 0.15) is 24.4 Å². The van der Waals surface area contributed by atoms with Crippen LogP contribution < -0.4 is 16.4 Å². The molecule has 0 unspecified atom stereocenters. The summed E-state index contributed by atoms with van der Waals surface area (Å²) >= 11 is 0. The number of halogens is 2. The van der Waals surface area contributed by atoms with Gasteiger partial charge in [-0.3, -0.25) is 29.0 Å². The number of likely N-dealkylation sites (N-methyl/N-ethyl adjacent to an activating group) is 2. The van der Waals surface area contributed by atoms with Crippen molar-refractivity contribution in [1.29, 1.82) is 0 Å². The second-order valence-electron chi connectivity index (χ2n) is 18.2. The number of para-hydroxylation sites is 1. The van der Waals surface area contributed by atoms with Gasteiger partial charge in [-0.25, -0.2) is 18.4 Å². The van der Waals surface area contributed by atoms with Crippen LogP contribution in [0.5, 0.6) is 0 Å². The van der Waals surface area contributed by atoms with E-state index in [-0.39, 0.29) is 38.8 Å². The molecule has 5 rings (SSSR count). The largest absolute Gasteiger partial charge is 0.465 e. The molecule has 3 aromatic rings. The summed E-state index contributed by atoms with van der Waals surface area (Å²) in [6.45, 7) is 6.78. The highest BCUT2D eigenvalue weighted by atomic mass is 19.1. The molecule has 0 bridgehead atoms. The summed E-state index contributed by atoms with van der Waals surface area (Å²) in [5, 5.41) is 19.7. The number of carbonyl (C=O) groups is 6. The highest BCUT2D eigenvalue weighted by Gasteiger charge is 2.49. The molecule has 6 atom stereocenters. The lowest BCUT2D eigenvalue weighted by Crippen LogP contribution is -2.56. The van der Waals surface area contributed by atoms with E-state index >= 15 is 8.78 Å². The van der Waals surface area contributed by atoms with Crippen molar-refractivity contribution in [2.75, 3.05) is 32.1 Å². The molecular weight excluding hydrogens is 817 g/mol. The summed E-state index contributed by atoms with van der Waals surface area (Å²) in [5.74, 6) is -2.62. The van der Waals surface area contributed by atoms with Crippen molar-refractivity contribution >= 4 is 41.5 Å². The first-order valence-electron chi connectivity index (χ1n) is 20.9. The maximum absolute atomic E-state index is 15.1.